The Morgan fingerprint density at radius 2 is 1.71 bits per heavy atom. The Hall–Kier alpha value is -2.04. The van der Waals surface area contributed by atoms with Gasteiger partial charge in [-0.2, -0.15) is 0 Å². The fourth-order valence-electron chi connectivity index (χ4n) is 1.90. The smallest absolute Gasteiger partial charge is 0.325 e. The van der Waals surface area contributed by atoms with Gasteiger partial charge in [0.2, 0.25) is 5.91 Å². The van der Waals surface area contributed by atoms with Gasteiger partial charge in [0, 0.05) is 6.54 Å². The molecule has 0 aliphatic carbocycles. The van der Waals surface area contributed by atoms with E-state index in [0.717, 1.165) is 11.3 Å². The van der Waals surface area contributed by atoms with Crippen molar-refractivity contribution in [3.63, 3.8) is 0 Å². The highest BCUT2D eigenvalue weighted by atomic mass is 16.5. The molecule has 1 aromatic rings. The second-order valence-electron chi connectivity index (χ2n) is 4.47. The SMILES string of the molecule is CCOC(=O)CN(CC)C(=O)Cc1ccc(OCC)cc1. The molecule has 0 saturated heterocycles. The van der Waals surface area contributed by atoms with Crippen LogP contribution in [0.15, 0.2) is 24.3 Å². The number of amides is 1. The predicted molar refractivity (Wildman–Crippen MR) is 80.2 cm³/mol. The van der Waals surface area contributed by atoms with Gasteiger partial charge in [0.05, 0.1) is 19.6 Å². The molecule has 0 atom stereocenters. The second kappa shape index (κ2) is 9.00. The van der Waals surface area contributed by atoms with Crippen LogP contribution in [0.2, 0.25) is 0 Å². The van der Waals surface area contributed by atoms with Crippen molar-refractivity contribution in [1.29, 1.82) is 0 Å². The molecule has 116 valence electrons. The fourth-order valence-corrected chi connectivity index (χ4v) is 1.90. The molecule has 0 aromatic heterocycles. The molecule has 5 nitrogen and oxygen atoms in total. The average Bonchev–Trinajstić information content (AvgIpc) is 2.47. The summed E-state index contributed by atoms with van der Waals surface area (Å²) < 4.78 is 10.2. The Bertz CT molecular complexity index is 456. The molecule has 21 heavy (non-hydrogen) atoms. The molecule has 0 spiro atoms. The third-order valence-electron chi connectivity index (χ3n) is 2.95. The van der Waals surface area contributed by atoms with Gasteiger partial charge < -0.3 is 14.4 Å². The molecule has 0 heterocycles. The molecule has 0 radical (unpaired) electrons. The first-order valence-electron chi connectivity index (χ1n) is 7.25. The first kappa shape index (κ1) is 17.0. The Kier molecular flexibility index (Phi) is 7.29. The van der Waals surface area contributed by atoms with Gasteiger partial charge >= 0.3 is 5.97 Å². The van der Waals surface area contributed by atoms with E-state index in [2.05, 4.69) is 0 Å². The molecule has 0 N–H and O–H groups in total. The van der Waals surface area contributed by atoms with Crippen LogP contribution in [0.1, 0.15) is 26.3 Å². The first-order valence-corrected chi connectivity index (χ1v) is 7.25. The topological polar surface area (TPSA) is 55.8 Å². The summed E-state index contributed by atoms with van der Waals surface area (Å²) >= 11 is 0. The minimum Gasteiger partial charge on any atom is -0.494 e. The van der Waals surface area contributed by atoms with Crippen molar-refractivity contribution in [3.8, 4) is 5.75 Å². The fraction of sp³-hybridized carbons (Fsp3) is 0.500. The standard InChI is InChI=1S/C16H23NO4/c1-4-17(12-16(19)21-6-3)15(18)11-13-7-9-14(10-8-13)20-5-2/h7-10H,4-6,11-12H2,1-3H3. The maximum absolute atomic E-state index is 12.2. The summed E-state index contributed by atoms with van der Waals surface area (Å²) in [5.74, 6) is 0.321. The van der Waals surface area contributed by atoms with E-state index in [9.17, 15) is 9.59 Å². The Morgan fingerprint density at radius 1 is 1.05 bits per heavy atom. The molecule has 1 rings (SSSR count). The zero-order chi connectivity index (χ0) is 15.7. The number of likely N-dealkylation sites (N-methyl/N-ethyl adjacent to an activating group) is 1. The van der Waals surface area contributed by atoms with Crippen LogP contribution in [-0.2, 0) is 20.7 Å². The second-order valence-corrected chi connectivity index (χ2v) is 4.47. The molecule has 0 fully saturated rings. The predicted octanol–water partition coefficient (Wildman–Crippen LogP) is 2.04. The molecule has 1 aromatic carbocycles. The van der Waals surface area contributed by atoms with Crippen LogP contribution < -0.4 is 4.74 Å². The summed E-state index contributed by atoms with van der Waals surface area (Å²) in [6, 6.07) is 7.41. The van der Waals surface area contributed by atoms with Crippen molar-refractivity contribution in [2.75, 3.05) is 26.3 Å². The first-order chi connectivity index (χ1) is 10.1. The number of esters is 1. The van der Waals surface area contributed by atoms with E-state index in [1.807, 2.05) is 38.1 Å². The van der Waals surface area contributed by atoms with Crippen LogP contribution in [-0.4, -0.2) is 43.1 Å². The zero-order valence-electron chi connectivity index (χ0n) is 12.9. The van der Waals surface area contributed by atoms with Crippen molar-refractivity contribution in [2.24, 2.45) is 0 Å². The summed E-state index contributed by atoms with van der Waals surface area (Å²) in [4.78, 5) is 25.1. The van der Waals surface area contributed by atoms with E-state index in [0.29, 0.717) is 19.8 Å². The average molecular weight is 293 g/mol. The van der Waals surface area contributed by atoms with Crippen LogP contribution in [0.4, 0.5) is 0 Å². The van der Waals surface area contributed by atoms with E-state index in [-0.39, 0.29) is 24.8 Å². The number of nitrogens with zero attached hydrogens (tertiary/aromatic N) is 1. The highest BCUT2D eigenvalue weighted by Gasteiger charge is 2.16. The quantitative estimate of drug-likeness (QED) is 0.688. The van der Waals surface area contributed by atoms with E-state index >= 15 is 0 Å². The lowest BCUT2D eigenvalue weighted by molar-refractivity contribution is -0.148. The number of ether oxygens (including phenoxy) is 2. The minimum atomic E-state index is -0.376. The van der Waals surface area contributed by atoms with Crippen LogP contribution in [0, 0.1) is 0 Å². The molecule has 1 amide bonds. The van der Waals surface area contributed by atoms with Crippen molar-refractivity contribution in [3.05, 3.63) is 29.8 Å². The number of carbonyl (C=O) groups excluding carboxylic acids is 2. The van der Waals surface area contributed by atoms with E-state index in [1.54, 1.807) is 6.92 Å². The molecular formula is C16H23NO4. The van der Waals surface area contributed by atoms with Crippen molar-refractivity contribution < 1.29 is 19.1 Å². The van der Waals surface area contributed by atoms with Gasteiger partial charge in [-0.25, -0.2) is 0 Å². The summed E-state index contributed by atoms with van der Waals surface area (Å²) in [5, 5.41) is 0. The van der Waals surface area contributed by atoms with Crippen LogP contribution in [0.5, 0.6) is 5.75 Å². The van der Waals surface area contributed by atoms with Gasteiger partial charge in [-0.1, -0.05) is 12.1 Å². The number of hydrogen-bond acceptors (Lipinski definition) is 4. The Balaban J connectivity index is 2.58. The van der Waals surface area contributed by atoms with E-state index < -0.39 is 0 Å². The summed E-state index contributed by atoms with van der Waals surface area (Å²) in [5.41, 5.74) is 0.894. The maximum Gasteiger partial charge on any atom is 0.325 e. The molecule has 5 heteroatoms. The third-order valence-corrected chi connectivity index (χ3v) is 2.95. The highest BCUT2D eigenvalue weighted by molar-refractivity contribution is 5.83. The number of carbonyl (C=O) groups is 2. The van der Waals surface area contributed by atoms with Gasteiger partial charge in [0.25, 0.3) is 0 Å². The molecule has 0 saturated carbocycles. The summed E-state index contributed by atoms with van der Waals surface area (Å²) in [6.07, 6.45) is 0.264. The van der Waals surface area contributed by atoms with Gasteiger partial charge in [0.1, 0.15) is 12.3 Å². The van der Waals surface area contributed by atoms with Crippen molar-refractivity contribution >= 4 is 11.9 Å². The Labute approximate surface area is 125 Å². The van der Waals surface area contributed by atoms with E-state index in [1.165, 1.54) is 4.90 Å². The van der Waals surface area contributed by atoms with Gasteiger partial charge in [-0.05, 0) is 38.5 Å². The van der Waals surface area contributed by atoms with E-state index in [4.69, 9.17) is 9.47 Å². The van der Waals surface area contributed by atoms with Gasteiger partial charge in [-0.15, -0.1) is 0 Å². The lowest BCUT2D eigenvalue weighted by Crippen LogP contribution is -2.37. The van der Waals surface area contributed by atoms with Gasteiger partial charge in [0.15, 0.2) is 0 Å². The van der Waals surface area contributed by atoms with Crippen LogP contribution in [0.25, 0.3) is 0 Å². The highest BCUT2D eigenvalue weighted by Crippen LogP contribution is 2.13. The summed E-state index contributed by atoms with van der Waals surface area (Å²) in [7, 11) is 0. The summed E-state index contributed by atoms with van der Waals surface area (Å²) in [6.45, 7) is 6.93. The lowest BCUT2D eigenvalue weighted by atomic mass is 10.1. The Morgan fingerprint density at radius 3 is 2.24 bits per heavy atom. The molecule has 0 aliphatic heterocycles. The largest absolute Gasteiger partial charge is 0.494 e. The molecular weight excluding hydrogens is 270 g/mol. The molecule has 0 unspecified atom stereocenters. The van der Waals surface area contributed by atoms with Crippen molar-refractivity contribution in [2.45, 2.75) is 27.2 Å². The van der Waals surface area contributed by atoms with Gasteiger partial charge in [-0.3, -0.25) is 9.59 Å². The minimum absolute atomic E-state index is 0.000201. The van der Waals surface area contributed by atoms with Crippen LogP contribution in [0.3, 0.4) is 0 Å². The van der Waals surface area contributed by atoms with Crippen molar-refractivity contribution in [1.82, 2.24) is 4.90 Å². The molecule has 0 aliphatic rings. The zero-order valence-corrected chi connectivity index (χ0v) is 12.9. The monoisotopic (exact) mass is 293 g/mol. The third kappa shape index (κ3) is 5.85. The normalized spacial score (nSPS) is 10.0. The number of benzene rings is 1. The maximum atomic E-state index is 12.2. The number of hydrogen-bond donors (Lipinski definition) is 0. The number of rotatable bonds is 8. The molecule has 0 bridgehead atoms. The lowest BCUT2D eigenvalue weighted by Gasteiger charge is -2.19. The van der Waals surface area contributed by atoms with Crippen LogP contribution >= 0.6 is 0 Å².